The maximum Gasteiger partial charge on any atom is 0.227 e. The third kappa shape index (κ3) is 3.19. The standard InChI is InChI=1S/C16H24N4O4/c21-15-2-1-3-19(15)13-6-17-20(9-13)14-7-18(8-14)10-16(22)11-23-4-5-24-12-16/h6,9,14,22H,1-5,7-8,10-12H2. The Balaban J connectivity index is 1.31. The molecule has 0 aliphatic carbocycles. The summed E-state index contributed by atoms with van der Waals surface area (Å²) in [7, 11) is 0. The van der Waals surface area contributed by atoms with E-state index in [1.807, 2.05) is 15.8 Å². The molecule has 24 heavy (non-hydrogen) atoms. The normalized spacial score (nSPS) is 25.7. The zero-order valence-corrected chi connectivity index (χ0v) is 13.8. The number of hydrogen-bond donors (Lipinski definition) is 1. The van der Waals surface area contributed by atoms with E-state index in [-0.39, 0.29) is 11.9 Å². The van der Waals surface area contributed by atoms with Gasteiger partial charge < -0.3 is 19.5 Å². The van der Waals surface area contributed by atoms with E-state index in [1.54, 1.807) is 6.20 Å². The fourth-order valence-corrected chi connectivity index (χ4v) is 3.62. The summed E-state index contributed by atoms with van der Waals surface area (Å²) in [4.78, 5) is 15.8. The van der Waals surface area contributed by atoms with Crippen LogP contribution in [0.3, 0.4) is 0 Å². The maximum absolute atomic E-state index is 11.8. The summed E-state index contributed by atoms with van der Waals surface area (Å²) in [5.41, 5.74) is -0.0428. The van der Waals surface area contributed by atoms with Crippen molar-refractivity contribution in [3.8, 4) is 0 Å². The van der Waals surface area contributed by atoms with Crippen molar-refractivity contribution in [2.24, 2.45) is 0 Å². The van der Waals surface area contributed by atoms with Crippen molar-refractivity contribution >= 4 is 11.6 Å². The summed E-state index contributed by atoms with van der Waals surface area (Å²) in [5.74, 6) is 0.181. The molecule has 4 heterocycles. The lowest BCUT2D eigenvalue weighted by Gasteiger charge is -2.43. The molecule has 4 rings (SSSR count). The average Bonchev–Trinajstić information content (AvgIpc) is 3.09. The Kier molecular flexibility index (Phi) is 4.29. The molecule has 1 aromatic rings. The number of aliphatic hydroxyl groups is 1. The number of anilines is 1. The van der Waals surface area contributed by atoms with Crippen LogP contribution in [-0.4, -0.2) is 83.9 Å². The van der Waals surface area contributed by atoms with Crippen LogP contribution in [0.15, 0.2) is 12.4 Å². The van der Waals surface area contributed by atoms with E-state index in [4.69, 9.17) is 9.47 Å². The smallest absolute Gasteiger partial charge is 0.227 e. The van der Waals surface area contributed by atoms with E-state index in [0.29, 0.717) is 39.4 Å². The van der Waals surface area contributed by atoms with Crippen molar-refractivity contribution < 1.29 is 19.4 Å². The first kappa shape index (κ1) is 16.0. The number of aromatic nitrogens is 2. The number of ether oxygens (including phenoxy) is 2. The fraction of sp³-hybridized carbons (Fsp3) is 0.750. The Labute approximate surface area is 140 Å². The van der Waals surface area contributed by atoms with Crippen LogP contribution in [0, 0.1) is 0 Å². The monoisotopic (exact) mass is 336 g/mol. The molecule has 0 saturated carbocycles. The molecular formula is C16H24N4O4. The third-order valence-electron chi connectivity index (χ3n) is 4.92. The van der Waals surface area contributed by atoms with Gasteiger partial charge in [-0.1, -0.05) is 0 Å². The predicted molar refractivity (Wildman–Crippen MR) is 85.9 cm³/mol. The minimum atomic E-state index is -0.932. The summed E-state index contributed by atoms with van der Waals surface area (Å²) in [6, 6.07) is 0.285. The first-order chi connectivity index (χ1) is 11.6. The Bertz CT molecular complexity index is 591. The number of β-amino-alcohol motifs (C(OH)–C–C–N with tert-alkyl or cyclic N) is 1. The quantitative estimate of drug-likeness (QED) is 0.809. The van der Waals surface area contributed by atoms with E-state index < -0.39 is 5.60 Å². The van der Waals surface area contributed by atoms with Gasteiger partial charge in [0.05, 0.1) is 44.4 Å². The SMILES string of the molecule is O=C1CCCN1c1cnn(C2CN(CC3(O)COCCOC3)C2)c1. The summed E-state index contributed by atoms with van der Waals surface area (Å²) in [6.45, 7) is 4.70. The molecule has 3 aliphatic heterocycles. The zero-order valence-electron chi connectivity index (χ0n) is 13.8. The topological polar surface area (TPSA) is 80.1 Å². The van der Waals surface area contributed by atoms with Gasteiger partial charge in [-0.25, -0.2) is 0 Å². The summed E-state index contributed by atoms with van der Waals surface area (Å²) < 4.78 is 12.7. The third-order valence-corrected chi connectivity index (χ3v) is 4.92. The van der Waals surface area contributed by atoms with Gasteiger partial charge in [0.25, 0.3) is 0 Å². The number of carbonyl (C=O) groups excluding carboxylic acids is 1. The molecule has 8 heteroatoms. The van der Waals surface area contributed by atoms with Gasteiger partial charge >= 0.3 is 0 Å². The number of hydrogen-bond acceptors (Lipinski definition) is 6. The molecule has 1 amide bonds. The minimum absolute atomic E-state index is 0.181. The summed E-state index contributed by atoms with van der Waals surface area (Å²) >= 11 is 0. The largest absolute Gasteiger partial charge is 0.384 e. The van der Waals surface area contributed by atoms with Crippen LogP contribution in [0.5, 0.6) is 0 Å². The van der Waals surface area contributed by atoms with Crippen molar-refractivity contribution in [3.05, 3.63) is 12.4 Å². The molecule has 0 spiro atoms. The van der Waals surface area contributed by atoms with Crippen LogP contribution in [0.2, 0.25) is 0 Å². The van der Waals surface area contributed by atoms with Crippen molar-refractivity contribution in [1.29, 1.82) is 0 Å². The van der Waals surface area contributed by atoms with Crippen molar-refractivity contribution in [1.82, 2.24) is 14.7 Å². The number of carbonyl (C=O) groups is 1. The van der Waals surface area contributed by atoms with Gasteiger partial charge in [-0.2, -0.15) is 5.10 Å². The summed E-state index contributed by atoms with van der Waals surface area (Å²) in [6.07, 6.45) is 5.28. The number of likely N-dealkylation sites (tertiary alicyclic amines) is 1. The van der Waals surface area contributed by atoms with Gasteiger partial charge in [-0.15, -0.1) is 0 Å². The zero-order chi connectivity index (χ0) is 16.6. The van der Waals surface area contributed by atoms with Gasteiger partial charge in [0, 0.05) is 38.8 Å². The Morgan fingerprint density at radius 2 is 2.04 bits per heavy atom. The van der Waals surface area contributed by atoms with Crippen LogP contribution >= 0.6 is 0 Å². The Morgan fingerprint density at radius 1 is 1.29 bits per heavy atom. The van der Waals surface area contributed by atoms with Gasteiger partial charge in [0.2, 0.25) is 5.91 Å². The molecule has 0 bridgehead atoms. The lowest BCUT2D eigenvalue weighted by molar-refractivity contribution is -0.117. The molecule has 3 fully saturated rings. The fourth-order valence-electron chi connectivity index (χ4n) is 3.62. The molecule has 1 aromatic heterocycles. The number of rotatable bonds is 4. The van der Waals surface area contributed by atoms with E-state index in [0.717, 1.165) is 31.7 Å². The van der Waals surface area contributed by atoms with Gasteiger partial charge in [0.1, 0.15) is 5.60 Å². The lowest BCUT2D eigenvalue weighted by Crippen LogP contribution is -2.56. The lowest BCUT2D eigenvalue weighted by atomic mass is 10.0. The van der Waals surface area contributed by atoms with Crippen LogP contribution in [0.25, 0.3) is 0 Å². The van der Waals surface area contributed by atoms with Crippen LogP contribution in [0.1, 0.15) is 18.9 Å². The molecule has 1 N–H and O–H groups in total. The average molecular weight is 336 g/mol. The Hall–Kier alpha value is -1.48. The summed E-state index contributed by atoms with van der Waals surface area (Å²) in [5, 5.41) is 15.0. The van der Waals surface area contributed by atoms with Gasteiger partial charge in [-0.05, 0) is 6.42 Å². The van der Waals surface area contributed by atoms with Crippen molar-refractivity contribution in [3.63, 3.8) is 0 Å². The van der Waals surface area contributed by atoms with Crippen LogP contribution in [-0.2, 0) is 14.3 Å². The van der Waals surface area contributed by atoms with Crippen molar-refractivity contribution in [2.45, 2.75) is 24.5 Å². The molecule has 8 nitrogen and oxygen atoms in total. The van der Waals surface area contributed by atoms with Gasteiger partial charge in [-0.3, -0.25) is 14.4 Å². The molecular weight excluding hydrogens is 312 g/mol. The highest BCUT2D eigenvalue weighted by atomic mass is 16.6. The minimum Gasteiger partial charge on any atom is -0.384 e. The van der Waals surface area contributed by atoms with E-state index in [2.05, 4.69) is 10.00 Å². The van der Waals surface area contributed by atoms with E-state index in [9.17, 15) is 9.90 Å². The number of nitrogens with zero attached hydrogens (tertiary/aromatic N) is 4. The van der Waals surface area contributed by atoms with E-state index >= 15 is 0 Å². The molecule has 0 unspecified atom stereocenters. The predicted octanol–water partition coefficient (Wildman–Crippen LogP) is -0.355. The molecule has 132 valence electrons. The van der Waals surface area contributed by atoms with Crippen LogP contribution < -0.4 is 4.90 Å². The first-order valence-electron chi connectivity index (χ1n) is 8.58. The maximum atomic E-state index is 11.8. The molecule has 0 atom stereocenters. The highest BCUT2D eigenvalue weighted by Crippen LogP contribution is 2.27. The Morgan fingerprint density at radius 3 is 2.71 bits per heavy atom. The highest BCUT2D eigenvalue weighted by molar-refractivity contribution is 5.95. The second kappa shape index (κ2) is 6.44. The highest BCUT2D eigenvalue weighted by Gasteiger charge is 2.38. The molecule has 0 radical (unpaired) electrons. The van der Waals surface area contributed by atoms with Crippen molar-refractivity contribution in [2.75, 3.05) is 57.5 Å². The first-order valence-corrected chi connectivity index (χ1v) is 8.58. The van der Waals surface area contributed by atoms with Gasteiger partial charge in [0.15, 0.2) is 0 Å². The molecule has 3 saturated heterocycles. The molecule has 3 aliphatic rings. The van der Waals surface area contributed by atoms with Crippen LogP contribution in [0.4, 0.5) is 5.69 Å². The van der Waals surface area contributed by atoms with E-state index in [1.165, 1.54) is 0 Å². The molecule has 0 aromatic carbocycles. The second-order valence-corrected chi connectivity index (χ2v) is 7.00. The second-order valence-electron chi connectivity index (χ2n) is 7.00. The number of amides is 1.